The van der Waals surface area contributed by atoms with E-state index in [9.17, 15) is 13.6 Å². The van der Waals surface area contributed by atoms with Crippen molar-refractivity contribution in [1.82, 2.24) is 0 Å². The first-order valence-corrected chi connectivity index (χ1v) is 9.91. The van der Waals surface area contributed by atoms with E-state index in [1.807, 2.05) is 30.4 Å². The molecule has 1 atom stereocenters. The van der Waals surface area contributed by atoms with Gasteiger partial charge in [-0.3, -0.25) is 4.79 Å². The highest BCUT2D eigenvalue weighted by atomic mass is 19.1. The van der Waals surface area contributed by atoms with Crippen LogP contribution in [0.3, 0.4) is 0 Å². The second kappa shape index (κ2) is 8.97. The summed E-state index contributed by atoms with van der Waals surface area (Å²) in [7, 11) is 0. The molecule has 3 aromatic rings. The van der Waals surface area contributed by atoms with Gasteiger partial charge in [0.15, 0.2) is 5.78 Å². The summed E-state index contributed by atoms with van der Waals surface area (Å²) in [5.41, 5.74) is 4.16. The number of piperidine rings is 1. The van der Waals surface area contributed by atoms with Crippen LogP contribution in [-0.4, -0.2) is 18.9 Å². The van der Waals surface area contributed by atoms with Crippen molar-refractivity contribution < 1.29 is 18.5 Å². The number of halogens is 2. The van der Waals surface area contributed by atoms with Gasteiger partial charge in [0.05, 0.1) is 11.1 Å². The zero-order valence-corrected chi connectivity index (χ0v) is 16.4. The first-order chi connectivity index (χ1) is 14.6. The van der Waals surface area contributed by atoms with Crippen LogP contribution in [0, 0.1) is 11.6 Å². The Morgan fingerprint density at radius 1 is 0.700 bits per heavy atom. The molecule has 2 nitrogen and oxygen atoms in total. The van der Waals surface area contributed by atoms with Crippen molar-refractivity contribution in [2.75, 3.05) is 13.1 Å². The number of hydrogen-bond acceptors (Lipinski definition) is 1. The average molecular weight is 402 g/mol. The molecular weight excluding hydrogens is 380 g/mol. The summed E-state index contributed by atoms with van der Waals surface area (Å²) >= 11 is 0. The minimum atomic E-state index is -0.305. The summed E-state index contributed by atoms with van der Waals surface area (Å²) < 4.78 is 26.5. The largest absolute Gasteiger partial charge is 0.323 e. The van der Waals surface area contributed by atoms with Crippen molar-refractivity contribution in [3.05, 3.63) is 118 Å². The Labute approximate surface area is 174 Å². The standard InChI is InChI=1S/C26H21F2NO/c27-24-10-6-19(7-11-24)14-22-17-29(16-21-4-2-1-3-5-21)18-23(26(22)30)15-20-8-12-25(28)13-9-20/h1-15H,16-18H2/p+1/b22-14+,23-15?. The summed E-state index contributed by atoms with van der Waals surface area (Å²) in [5, 5.41) is 0. The molecule has 4 rings (SSSR count). The molecule has 1 saturated heterocycles. The monoisotopic (exact) mass is 402 g/mol. The van der Waals surface area contributed by atoms with Gasteiger partial charge in [0.2, 0.25) is 0 Å². The predicted octanol–water partition coefficient (Wildman–Crippen LogP) is 4.10. The van der Waals surface area contributed by atoms with Crippen LogP contribution in [0.2, 0.25) is 0 Å². The number of rotatable bonds is 4. The summed E-state index contributed by atoms with van der Waals surface area (Å²) in [6.45, 7) is 1.97. The molecule has 0 bridgehead atoms. The van der Waals surface area contributed by atoms with Crippen LogP contribution in [0.15, 0.2) is 90.0 Å². The normalized spacial score (nSPS) is 19.4. The maximum atomic E-state index is 13.3. The van der Waals surface area contributed by atoms with E-state index in [0.717, 1.165) is 17.7 Å². The number of carbonyl (C=O) groups is 1. The van der Waals surface area contributed by atoms with Crippen molar-refractivity contribution in [2.24, 2.45) is 0 Å². The second-order valence-corrected chi connectivity index (χ2v) is 7.54. The number of hydrogen-bond donors (Lipinski definition) is 1. The third-order valence-corrected chi connectivity index (χ3v) is 5.18. The van der Waals surface area contributed by atoms with Crippen LogP contribution < -0.4 is 4.90 Å². The maximum absolute atomic E-state index is 13.3. The number of carbonyl (C=O) groups excluding carboxylic acids is 1. The number of quaternary nitrogens is 1. The van der Waals surface area contributed by atoms with Gasteiger partial charge in [-0.2, -0.15) is 0 Å². The van der Waals surface area contributed by atoms with Crippen LogP contribution in [0.5, 0.6) is 0 Å². The topological polar surface area (TPSA) is 21.5 Å². The molecule has 0 spiro atoms. The summed E-state index contributed by atoms with van der Waals surface area (Å²) in [6.07, 6.45) is 3.68. The number of ketones is 1. The molecule has 0 radical (unpaired) electrons. The lowest BCUT2D eigenvalue weighted by Crippen LogP contribution is -3.12. The molecule has 1 aliphatic rings. The molecule has 0 aromatic heterocycles. The first-order valence-electron chi connectivity index (χ1n) is 9.91. The molecule has 3 aromatic carbocycles. The molecule has 0 aliphatic carbocycles. The zero-order chi connectivity index (χ0) is 20.9. The van der Waals surface area contributed by atoms with Crippen LogP contribution >= 0.6 is 0 Å². The SMILES string of the molecule is O=C1C(=Cc2ccc(F)cc2)C[NH+](Cc2ccccc2)C/C1=C\c1ccc(F)cc1. The van der Waals surface area contributed by atoms with E-state index in [1.165, 1.54) is 34.7 Å². The van der Waals surface area contributed by atoms with Gasteiger partial charge in [-0.05, 0) is 47.5 Å². The van der Waals surface area contributed by atoms with Crippen LogP contribution in [0.4, 0.5) is 8.78 Å². The van der Waals surface area contributed by atoms with E-state index in [2.05, 4.69) is 12.1 Å². The minimum absolute atomic E-state index is 0.0135. The summed E-state index contributed by atoms with van der Waals surface area (Å²) in [5.74, 6) is -0.624. The number of benzene rings is 3. The fraction of sp³-hybridized carbons (Fsp3) is 0.115. The van der Waals surface area contributed by atoms with Gasteiger partial charge < -0.3 is 4.90 Å². The number of likely N-dealkylation sites (tertiary alicyclic amines) is 1. The van der Waals surface area contributed by atoms with Crippen LogP contribution in [-0.2, 0) is 11.3 Å². The molecule has 1 unspecified atom stereocenters. The fourth-order valence-electron chi connectivity index (χ4n) is 3.73. The number of nitrogens with one attached hydrogen (secondary N) is 1. The lowest BCUT2D eigenvalue weighted by atomic mass is 9.94. The van der Waals surface area contributed by atoms with Gasteiger partial charge in [0.25, 0.3) is 0 Å². The second-order valence-electron chi connectivity index (χ2n) is 7.54. The van der Waals surface area contributed by atoms with Crippen LogP contribution in [0.1, 0.15) is 16.7 Å². The summed E-state index contributed by atoms with van der Waals surface area (Å²) in [4.78, 5) is 14.4. The van der Waals surface area contributed by atoms with Crippen molar-refractivity contribution >= 4 is 17.9 Å². The molecular formula is C26H22F2NO+. The van der Waals surface area contributed by atoms with E-state index in [-0.39, 0.29) is 17.4 Å². The molecule has 4 heteroatoms. The van der Waals surface area contributed by atoms with Gasteiger partial charge >= 0.3 is 0 Å². The predicted molar refractivity (Wildman–Crippen MR) is 115 cm³/mol. The highest BCUT2D eigenvalue weighted by Gasteiger charge is 2.29. The molecule has 1 aliphatic heterocycles. The molecule has 150 valence electrons. The van der Waals surface area contributed by atoms with Crippen molar-refractivity contribution in [1.29, 1.82) is 0 Å². The Balaban J connectivity index is 1.67. The third-order valence-electron chi connectivity index (χ3n) is 5.18. The quantitative estimate of drug-likeness (QED) is 0.652. The van der Waals surface area contributed by atoms with Gasteiger partial charge in [-0.25, -0.2) is 8.78 Å². The molecule has 30 heavy (non-hydrogen) atoms. The molecule has 1 N–H and O–H groups in total. The van der Waals surface area contributed by atoms with Crippen molar-refractivity contribution in [3.63, 3.8) is 0 Å². The molecule has 1 fully saturated rings. The molecule has 0 amide bonds. The van der Waals surface area contributed by atoms with Gasteiger partial charge in [-0.1, -0.05) is 54.6 Å². The van der Waals surface area contributed by atoms with E-state index in [1.54, 1.807) is 24.3 Å². The van der Waals surface area contributed by atoms with Gasteiger partial charge in [-0.15, -0.1) is 0 Å². The number of Topliss-reactive ketones (excluding diaryl/α,β-unsaturated/α-hetero) is 1. The Kier molecular flexibility index (Phi) is 5.96. The highest BCUT2D eigenvalue weighted by Crippen LogP contribution is 2.17. The zero-order valence-electron chi connectivity index (χ0n) is 16.4. The van der Waals surface area contributed by atoms with E-state index in [4.69, 9.17) is 0 Å². The van der Waals surface area contributed by atoms with E-state index < -0.39 is 0 Å². The Morgan fingerprint density at radius 3 is 1.63 bits per heavy atom. The smallest absolute Gasteiger partial charge is 0.196 e. The van der Waals surface area contributed by atoms with Gasteiger partial charge in [0.1, 0.15) is 31.3 Å². The fourth-order valence-corrected chi connectivity index (χ4v) is 3.73. The van der Waals surface area contributed by atoms with Crippen molar-refractivity contribution in [3.8, 4) is 0 Å². The van der Waals surface area contributed by atoms with Crippen molar-refractivity contribution in [2.45, 2.75) is 6.54 Å². The first kappa shape index (κ1) is 19.9. The Morgan fingerprint density at radius 2 is 1.17 bits per heavy atom. The highest BCUT2D eigenvalue weighted by molar-refractivity contribution is 6.14. The Hall–Kier alpha value is -3.37. The summed E-state index contributed by atoms with van der Waals surface area (Å²) in [6, 6.07) is 22.4. The maximum Gasteiger partial charge on any atom is 0.196 e. The molecule has 1 heterocycles. The Bertz CT molecular complexity index is 1020. The lowest BCUT2D eigenvalue weighted by molar-refractivity contribution is -0.904. The molecule has 0 saturated carbocycles. The average Bonchev–Trinajstić information content (AvgIpc) is 2.75. The van der Waals surface area contributed by atoms with E-state index >= 15 is 0 Å². The van der Waals surface area contributed by atoms with Gasteiger partial charge in [0, 0.05) is 5.56 Å². The van der Waals surface area contributed by atoms with Crippen LogP contribution in [0.25, 0.3) is 12.2 Å². The third kappa shape index (κ3) is 4.97. The van der Waals surface area contributed by atoms with E-state index in [0.29, 0.717) is 24.2 Å². The minimum Gasteiger partial charge on any atom is -0.323 e. The lowest BCUT2D eigenvalue weighted by Gasteiger charge is -2.27.